The number of aromatic nitrogens is 4. The van der Waals surface area contributed by atoms with E-state index in [-0.39, 0.29) is 6.61 Å². The van der Waals surface area contributed by atoms with Gasteiger partial charge in [-0.05, 0) is 55.5 Å². The lowest BCUT2D eigenvalue weighted by Crippen LogP contribution is -2.00. The van der Waals surface area contributed by atoms with E-state index < -0.39 is 0 Å². The van der Waals surface area contributed by atoms with E-state index in [1.807, 2.05) is 67.8 Å². The largest absolute Gasteiger partial charge is 0.481 e. The summed E-state index contributed by atoms with van der Waals surface area (Å²) in [5, 5.41) is 14.0. The first kappa shape index (κ1) is 18.6. The molecule has 0 amide bonds. The monoisotopic (exact) mass is 405 g/mol. The standard InChI is InChI=1S/C25H19N5O/c1-3-13-31-20-10-11-21-17(2)28-29-25(22(21)15-20)27-18-9-12-24-23(14-18)26-16-30(24)19-7-5-4-6-8-19/h1,4-12,14-16H,13H2,2H3,(H,27,29). The van der Waals surface area contributed by atoms with Gasteiger partial charge in [-0.15, -0.1) is 11.5 Å². The second-order valence-corrected chi connectivity index (χ2v) is 7.11. The van der Waals surface area contributed by atoms with Crippen molar-refractivity contribution in [3.8, 4) is 23.8 Å². The number of hydrogen-bond acceptors (Lipinski definition) is 5. The zero-order valence-electron chi connectivity index (χ0n) is 16.9. The summed E-state index contributed by atoms with van der Waals surface area (Å²) in [6.07, 6.45) is 7.15. The Morgan fingerprint density at radius 3 is 2.71 bits per heavy atom. The van der Waals surface area contributed by atoms with E-state index in [1.165, 1.54) is 0 Å². The number of rotatable bonds is 5. The van der Waals surface area contributed by atoms with E-state index in [2.05, 4.69) is 43.1 Å². The number of nitrogens with one attached hydrogen (secondary N) is 1. The molecule has 31 heavy (non-hydrogen) atoms. The third kappa shape index (κ3) is 3.53. The van der Waals surface area contributed by atoms with Crippen LogP contribution in [0.5, 0.6) is 5.75 Å². The lowest BCUT2D eigenvalue weighted by atomic mass is 10.1. The first-order valence-corrected chi connectivity index (χ1v) is 9.86. The van der Waals surface area contributed by atoms with Crippen molar-refractivity contribution in [3.05, 3.63) is 78.8 Å². The first-order valence-electron chi connectivity index (χ1n) is 9.86. The highest BCUT2D eigenvalue weighted by Gasteiger charge is 2.11. The Bertz CT molecular complexity index is 1430. The van der Waals surface area contributed by atoms with Crippen molar-refractivity contribution in [2.75, 3.05) is 11.9 Å². The molecule has 3 aromatic carbocycles. The maximum absolute atomic E-state index is 5.59. The Balaban J connectivity index is 1.52. The van der Waals surface area contributed by atoms with E-state index in [0.29, 0.717) is 11.6 Å². The van der Waals surface area contributed by atoms with Gasteiger partial charge in [0.15, 0.2) is 5.82 Å². The molecule has 0 fully saturated rings. The summed E-state index contributed by atoms with van der Waals surface area (Å²) in [5.74, 6) is 3.83. The summed E-state index contributed by atoms with van der Waals surface area (Å²) in [4.78, 5) is 4.57. The summed E-state index contributed by atoms with van der Waals surface area (Å²) >= 11 is 0. The maximum Gasteiger partial charge on any atom is 0.161 e. The summed E-state index contributed by atoms with van der Waals surface area (Å²) < 4.78 is 7.65. The predicted octanol–water partition coefficient (Wildman–Crippen LogP) is 5.03. The Labute approximate surface area is 179 Å². The fraction of sp³-hybridized carbons (Fsp3) is 0.0800. The number of aryl methyl sites for hydroxylation is 1. The molecule has 0 spiro atoms. The number of anilines is 2. The summed E-state index contributed by atoms with van der Waals surface area (Å²) in [6, 6.07) is 22.0. The highest BCUT2D eigenvalue weighted by molar-refractivity contribution is 5.95. The Morgan fingerprint density at radius 2 is 1.87 bits per heavy atom. The van der Waals surface area contributed by atoms with Gasteiger partial charge >= 0.3 is 0 Å². The molecular weight excluding hydrogens is 386 g/mol. The van der Waals surface area contributed by atoms with Crippen LogP contribution in [0.4, 0.5) is 11.5 Å². The molecule has 2 heterocycles. The van der Waals surface area contributed by atoms with Gasteiger partial charge in [0.2, 0.25) is 0 Å². The Kier molecular flexibility index (Phi) is 4.70. The average molecular weight is 405 g/mol. The fourth-order valence-corrected chi connectivity index (χ4v) is 3.60. The topological polar surface area (TPSA) is 64.9 Å². The predicted molar refractivity (Wildman–Crippen MR) is 123 cm³/mol. The molecule has 0 radical (unpaired) electrons. The fourth-order valence-electron chi connectivity index (χ4n) is 3.60. The highest BCUT2D eigenvalue weighted by Crippen LogP contribution is 2.30. The summed E-state index contributed by atoms with van der Waals surface area (Å²) in [7, 11) is 0. The lowest BCUT2D eigenvalue weighted by Gasteiger charge is -2.11. The lowest BCUT2D eigenvalue weighted by molar-refractivity contribution is 0.371. The van der Waals surface area contributed by atoms with E-state index >= 15 is 0 Å². The van der Waals surface area contributed by atoms with Gasteiger partial charge in [-0.3, -0.25) is 4.57 Å². The van der Waals surface area contributed by atoms with Gasteiger partial charge in [-0.25, -0.2) is 4.98 Å². The Morgan fingerprint density at radius 1 is 1.00 bits per heavy atom. The molecule has 150 valence electrons. The van der Waals surface area contributed by atoms with Crippen LogP contribution in [0.2, 0.25) is 0 Å². The van der Waals surface area contributed by atoms with Crippen molar-refractivity contribution in [2.45, 2.75) is 6.92 Å². The molecule has 1 N–H and O–H groups in total. The summed E-state index contributed by atoms with van der Waals surface area (Å²) in [6.45, 7) is 2.15. The van der Waals surface area contributed by atoms with Crippen LogP contribution in [0.3, 0.4) is 0 Å². The molecule has 2 aromatic heterocycles. The number of nitrogens with zero attached hydrogens (tertiary/aromatic N) is 4. The van der Waals surface area contributed by atoms with Crippen LogP contribution in [0, 0.1) is 19.3 Å². The van der Waals surface area contributed by atoms with Crippen molar-refractivity contribution in [1.29, 1.82) is 0 Å². The minimum Gasteiger partial charge on any atom is -0.481 e. The van der Waals surface area contributed by atoms with Gasteiger partial charge in [0.25, 0.3) is 0 Å². The Hall–Kier alpha value is -4.37. The van der Waals surface area contributed by atoms with Gasteiger partial charge < -0.3 is 10.1 Å². The van der Waals surface area contributed by atoms with Crippen molar-refractivity contribution >= 4 is 33.3 Å². The number of imidazole rings is 1. The van der Waals surface area contributed by atoms with Crippen molar-refractivity contribution < 1.29 is 4.74 Å². The molecule has 0 saturated heterocycles. The zero-order valence-corrected chi connectivity index (χ0v) is 16.9. The number of hydrogen-bond donors (Lipinski definition) is 1. The van der Waals surface area contributed by atoms with Crippen LogP contribution in [0.15, 0.2) is 73.1 Å². The van der Waals surface area contributed by atoms with Crippen LogP contribution >= 0.6 is 0 Å². The molecule has 0 aliphatic rings. The molecule has 5 aromatic rings. The van der Waals surface area contributed by atoms with Crippen molar-refractivity contribution in [2.24, 2.45) is 0 Å². The SMILES string of the molecule is C#CCOc1ccc2c(C)nnc(Nc3ccc4c(c3)ncn4-c3ccccc3)c2c1. The quantitative estimate of drug-likeness (QED) is 0.415. The third-order valence-corrected chi connectivity index (χ3v) is 5.10. The van der Waals surface area contributed by atoms with Crippen LogP contribution in [0.25, 0.3) is 27.5 Å². The number of fused-ring (bicyclic) bond motifs is 2. The zero-order chi connectivity index (χ0) is 21.2. The minimum atomic E-state index is 0.215. The average Bonchev–Trinajstić information content (AvgIpc) is 3.23. The molecule has 0 aliphatic heterocycles. The van der Waals surface area contributed by atoms with Crippen LogP contribution in [-0.2, 0) is 0 Å². The third-order valence-electron chi connectivity index (χ3n) is 5.10. The number of terminal acetylenes is 1. The van der Waals surface area contributed by atoms with Crippen molar-refractivity contribution in [3.63, 3.8) is 0 Å². The van der Waals surface area contributed by atoms with E-state index in [4.69, 9.17) is 11.2 Å². The van der Waals surface area contributed by atoms with Gasteiger partial charge in [0.05, 0.1) is 16.7 Å². The minimum absolute atomic E-state index is 0.215. The molecule has 0 unspecified atom stereocenters. The molecule has 0 saturated carbocycles. The molecule has 0 atom stereocenters. The van der Waals surface area contributed by atoms with Gasteiger partial charge in [-0.2, -0.15) is 5.10 Å². The van der Waals surface area contributed by atoms with Crippen LogP contribution in [-0.4, -0.2) is 26.4 Å². The molecule has 6 heteroatoms. The maximum atomic E-state index is 5.59. The highest BCUT2D eigenvalue weighted by atomic mass is 16.5. The molecule has 6 nitrogen and oxygen atoms in total. The van der Waals surface area contributed by atoms with E-state index in [0.717, 1.165) is 38.9 Å². The van der Waals surface area contributed by atoms with E-state index in [1.54, 1.807) is 0 Å². The van der Waals surface area contributed by atoms with Crippen LogP contribution in [0.1, 0.15) is 5.69 Å². The molecule has 0 bridgehead atoms. The second kappa shape index (κ2) is 7.81. The molecule has 5 rings (SSSR count). The molecule has 0 aliphatic carbocycles. The second-order valence-electron chi connectivity index (χ2n) is 7.11. The van der Waals surface area contributed by atoms with Gasteiger partial charge in [0, 0.05) is 22.1 Å². The number of benzene rings is 3. The molecular formula is C25H19N5O. The first-order chi connectivity index (χ1) is 15.2. The van der Waals surface area contributed by atoms with Crippen molar-refractivity contribution in [1.82, 2.24) is 19.7 Å². The smallest absolute Gasteiger partial charge is 0.161 e. The normalized spacial score (nSPS) is 10.8. The number of para-hydroxylation sites is 1. The van der Waals surface area contributed by atoms with Crippen LogP contribution < -0.4 is 10.1 Å². The van der Waals surface area contributed by atoms with Gasteiger partial charge in [-0.1, -0.05) is 24.1 Å². The number of ether oxygens (including phenoxy) is 1. The summed E-state index contributed by atoms with van der Waals surface area (Å²) in [5.41, 5.74) is 4.71. The van der Waals surface area contributed by atoms with E-state index in [9.17, 15) is 0 Å². The van der Waals surface area contributed by atoms with Gasteiger partial charge in [0.1, 0.15) is 18.7 Å².